The number of ether oxygens (including phenoxy) is 2. The minimum atomic E-state index is -0.947. The van der Waals surface area contributed by atoms with E-state index in [-0.39, 0.29) is 11.4 Å². The van der Waals surface area contributed by atoms with Crippen LogP contribution in [0, 0.1) is 0 Å². The van der Waals surface area contributed by atoms with Gasteiger partial charge < -0.3 is 14.6 Å². The van der Waals surface area contributed by atoms with E-state index in [9.17, 15) is 14.7 Å². The lowest BCUT2D eigenvalue weighted by molar-refractivity contribution is -0.145. The maximum atomic E-state index is 11.7. The minimum absolute atomic E-state index is 0.278. The van der Waals surface area contributed by atoms with Crippen LogP contribution in [0.3, 0.4) is 0 Å². The zero-order chi connectivity index (χ0) is 23.3. The second kappa shape index (κ2) is 14.1. The summed E-state index contributed by atoms with van der Waals surface area (Å²) in [6, 6.07) is 5.13. The summed E-state index contributed by atoms with van der Waals surface area (Å²) < 4.78 is 11.1. The van der Waals surface area contributed by atoms with Gasteiger partial charge in [-0.15, -0.1) is 0 Å². The average molecular weight is 435 g/mol. The minimum Gasteiger partial charge on any atom is -0.479 e. The van der Waals surface area contributed by atoms with E-state index in [0.29, 0.717) is 17.9 Å². The molecule has 0 aliphatic rings. The van der Waals surface area contributed by atoms with Gasteiger partial charge in [0.15, 0.2) is 6.10 Å². The Morgan fingerprint density at radius 2 is 1.48 bits per heavy atom. The molecule has 0 aromatic heterocycles. The summed E-state index contributed by atoms with van der Waals surface area (Å²) in [5, 5.41) is 9.59. The molecule has 31 heavy (non-hydrogen) atoms. The molecule has 0 bridgehead atoms. The number of carboxylic acids is 1. The van der Waals surface area contributed by atoms with E-state index in [0.717, 1.165) is 24.8 Å². The number of hydrogen-bond donors (Lipinski definition) is 1. The number of carbonyl (C=O) groups is 2. The summed E-state index contributed by atoms with van der Waals surface area (Å²) in [6.45, 7) is 9.63. The van der Waals surface area contributed by atoms with Crippen molar-refractivity contribution in [3.8, 4) is 11.5 Å². The van der Waals surface area contributed by atoms with Crippen LogP contribution in [0.5, 0.6) is 11.5 Å². The van der Waals surface area contributed by atoms with Gasteiger partial charge in [0.25, 0.3) is 0 Å². The van der Waals surface area contributed by atoms with Gasteiger partial charge in [-0.3, -0.25) is 4.79 Å². The molecule has 176 valence electrons. The second-order valence-corrected chi connectivity index (χ2v) is 9.42. The molecule has 0 unspecified atom stereocenters. The molecule has 0 heterocycles. The van der Waals surface area contributed by atoms with Crippen LogP contribution in [0.15, 0.2) is 18.2 Å². The Kier molecular flexibility index (Phi) is 12.3. The molecule has 0 aliphatic heterocycles. The number of benzene rings is 1. The first-order chi connectivity index (χ1) is 14.6. The molecule has 0 spiro atoms. The Bertz CT molecular complexity index is 675. The molecular formula is C26H42O5. The standard InChI is InChI=1S/C26H42O5/c1-6-7-8-9-10-11-12-13-14-15-16-24(25(28)29)31-21-17-18-23(30-20(2)27)22(19-21)26(3,4)5/h17-19,24H,6-16H2,1-5H3,(H,28,29)/t24-/m1/s1. The van der Waals surface area contributed by atoms with E-state index in [1.807, 2.05) is 20.8 Å². The summed E-state index contributed by atoms with van der Waals surface area (Å²) in [6.07, 6.45) is 11.7. The van der Waals surface area contributed by atoms with Crippen LogP contribution in [0.2, 0.25) is 0 Å². The molecule has 0 amide bonds. The van der Waals surface area contributed by atoms with Gasteiger partial charge in [0, 0.05) is 12.5 Å². The molecule has 0 aliphatic carbocycles. The number of hydrogen-bond acceptors (Lipinski definition) is 4. The Hall–Kier alpha value is -2.04. The lowest BCUT2D eigenvalue weighted by atomic mass is 9.86. The van der Waals surface area contributed by atoms with Crippen LogP contribution < -0.4 is 9.47 Å². The van der Waals surface area contributed by atoms with Gasteiger partial charge in [0.1, 0.15) is 11.5 Å². The van der Waals surface area contributed by atoms with Crippen LogP contribution in [0.25, 0.3) is 0 Å². The fourth-order valence-corrected chi connectivity index (χ4v) is 3.63. The average Bonchev–Trinajstić information content (AvgIpc) is 2.68. The molecule has 1 rings (SSSR count). The molecule has 1 aromatic rings. The van der Waals surface area contributed by atoms with E-state index in [4.69, 9.17) is 9.47 Å². The highest BCUT2D eigenvalue weighted by molar-refractivity contribution is 5.73. The zero-order valence-corrected chi connectivity index (χ0v) is 20.2. The summed E-state index contributed by atoms with van der Waals surface area (Å²) in [5.41, 5.74) is 0.530. The van der Waals surface area contributed by atoms with Crippen LogP contribution in [0.1, 0.15) is 111 Å². The largest absolute Gasteiger partial charge is 0.479 e. The van der Waals surface area contributed by atoms with E-state index in [1.54, 1.807) is 18.2 Å². The summed E-state index contributed by atoms with van der Waals surface area (Å²) in [7, 11) is 0. The Balaban J connectivity index is 2.54. The predicted molar refractivity (Wildman–Crippen MR) is 125 cm³/mol. The highest BCUT2D eigenvalue weighted by Crippen LogP contribution is 2.35. The predicted octanol–water partition coefficient (Wildman–Crippen LogP) is 7.05. The van der Waals surface area contributed by atoms with E-state index < -0.39 is 12.1 Å². The normalized spacial score (nSPS) is 12.4. The fraction of sp³-hybridized carbons (Fsp3) is 0.692. The maximum Gasteiger partial charge on any atom is 0.344 e. The SMILES string of the molecule is CCCCCCCCCCCC[C@@H](Oc1ccc(OC(C)=O)c(C(C)(C)C)c1)C(=O)O. The number of esters is 1. The lowest BCUT2D eigenvalue weighted by Crippen LogP contribution is -2.27. The molecule has 1 atom stereocenters. The van der Waals surface area contributed by atoms with Crippen molar-refractivity contribution in [3.63, 3.8) is 0 Å². The molecule has 0 fully saturated rings. The number of rotatable bonds is 15. The molecule has 5 heteroatoms. The number of aliphatic carboxylic acids is 1. The van der Waals surface area contributed by atoms with Crippen LogP contribution in [-0.4, -0.2) is 23.1 Å². The lowest BCUT2D eigenvalue weighted by Gasteiger charge is -2.24. The Morgan fingerprint density at radius 1 is 0.935 bits per heavy atom. The van der Waals surface area contributed by atoms with E-state index >= 15 is 0 Å². The monoisotopic (exact) mass is 434 g/mol. The van der Waals surface area contributed by atoms with Gasteiger partial charge in [-0.2, -0.15) is 0 Å². The van der Waals surface area contributed by atoms with Crippen LogP contribution >= 0.6 is 0 Å². The molecule has 0 saturated heterocycles. The van der Waals surface area contributed by atoms with Crippen LogP contribution in [-0.2, 0) is 15.0 Å². The third-order valence-corrected chi connectivity index (χ3v) is 5.39. The van der Waals surface area contributed by atoms with Crippen molar-refractivity contribution in [3.05, 3.63) is 23.8 Å². The highest BCUT2D eigenvalue weighted by Gasteiger charge is 2.23. The second-order valence-electron chi connectivity index (χ2n) is 9.42. The van der Waals surface area contributed by atoms with Gasteiger partial charge in [0.2, 0.25) is 0 Å². The maximum absolute atomic E-state index is 11.7. The van der Waals surface area contributed by atoms with Gasteiger partial charge in [-0.25, -0.2) is 4.79 Å². The fourth-order valence-electron chi connectivity index (χ4n) is 3.63. The molecule has 0 radical (unpaired) electrons. The van der Waals surface area contributed by atoms with E-state index in [1.165, 1.54) is 51.9 Å². The molecule has 1 N–H and O–H groups in total. The third kappa shape index (κ3) is 11.2. The Morgan fingerprint density at radius 3 is 1.97 bits per heavy atom. The quantitative estimate of drug-likeness (QED) is 0.182. The van der Waals surface area contributed by atoms with Gasteiger partial charge in [0.05, 0.1) is 0 Å². The first-order valence-corrected chi connectivity index (χ1v) is 11.9. The van der Waals surface area contributed by atoms with Crippen molar-refractivity contribution in [1.29, 1.82) is 0 Å². The smallest absolute Gasteiger partial charge is 0.344 e. The molecular weight excluding hydrogens is 392 g/mol. The van der Waals surface area contributed by atoms with Crippen molar-refractivity contribution in [2.75, 3.05) is 0 Å². The third-order valence-electron chi connectivity index (χ3n) is 5.39. The van der Waals surface area contributed by atoms with Crippen molar-refractivity contribution in [2.24, 2.45) is 0 Å². The molecule has 0 saturated carbocycles. The van der Waals surface area contributed by atoms with Crippen molar-refractivity contribution in [2.45, 2.75) is 117 Å². The van der Waals surface area contributed by atoms with Gasteiger partial charge in [-0.05, 0) is 36.5 Å². The van der Waals surface area contributed by atoms with Crippen LogP contribution in [0.4, 0.5) is 0 Å². The molecule has 5 nitrogen and oxygen atoms in total. The molecule has 1 aromatic carbocycles. The number of unbranched alkanes of at least 4 members (excludes halogenated alkanes) is 9. The topological polar surface area (TPSA) is 72.8 Å². The number of carboxylic acid groups (broad SMARTS) is 1. The highest BCUT2D eigenvalue weighted by atomic mass is 16.5. The van der Waals surface area contributed by atoms with Crippen molar-refractivity contribution < 1.29 is 24.2 Å². The summed E-state index contributed by atoms with van der Waals surface area (Å²) in [5.74, 6) is -0.366. The number of carbonyl (C=O) groups excluding carboxylic acids is 1. The summed E-state index contributed by atoms with van der Waals surface area (Å²) >= 11 is 0. The van der Waals surface area contributed by atoms with Gasteiger partial charge >= 0.3 is 11.9 Å². The van der Waals surface area contributed by atoms with Crippen molar-refractivity contribution in [1.82, 2.24) is 0 Å². The first kappa shape index (κ1) is 27.0. The van der Waals surface area contributed by atoms with Gasteiger partial charge in [-0.1, -0.05) is 85.5 Å². The van der Waals surface area contributed by atoms with E-state index in [2.05, 4.69) is 6.92 Å². The first-order valence-electron chi connectivity index (χ1n) is 11.9. The zero-order valence-electron chi connectivity index (χ0n) is 20.2. The Labute approximate surface area is 188 Å². The summed E-state index contributed by atoms with van der Waals surface area (Å²) in [4.78, 5) is 23.1. The van der Waals surface area contributed by atoms with Crippen molar-refractivity contribution >= 4 is 11.9 Å².